The molecule has 0 N–H and O–H groups in total. The average Bonchev–Trinajstić information content (AvgIpc) is 2.74. The number of nitrogens with zero attached hydrogens (tertiary/aromatic N) is 1. The molecule has 1 saturated heterocycles. The number of ether oxygens (including phenoxy) is 1. The summed E-state index contributed by atoms with van der Waals surface area (Å²) in [6, 6.07) is -0.389. The van der Waals surface area contributed by atoms with Crippen LogP contribution < -0.4 is 0 Å². The molecule has 0 saturated carbocycles. The molecule has 0 spiro atoms. The lowest BCUT2D eigenvalue weighted by Gasteiger charge is -2.24. The van der Waals surface area contributed by atoms with Crippen molar-refractivity contribution in [2.75, 3.05) is 13.7 Å². The van der Waals surface area contributed by atoms with E-state index in [0.717, 1.165) is 12.8 Å². The molecule has 1 amide bonds. The van der Waals surface area contributed by atoms with Gasteiger partial charge in [-0.3, -0.25) is 4.79 Å². The number of carbonyl (C=O) groups excluding carboxylic acids is 2. The van der Waals surface area contributed by atoms with E-state index >= 15 is 0 Å². The van der Waals surface area contributed by atoms with E-state index in [1.165, 1.54) is 7.11 Å². The van der Waals surface area contributed by atoms with Crippen molar-refractivity contribution in [2.45, 2.75) is 59.4 Å². The molecule has 1 aliphatic heterocycles. The van der Waals surface area contributed by atoms with Crippen LogP contribution in [0.15, 0.2) is 0 Å². The maximum absolute atomic E-state index is 11.8. The molecule has 0 bridgehead atoms. The number of amides is 1. The van der Waals surface area contributed by atoms with E-state index in [4.69, 9.17) is 4.74 Å². The third-order valence-corrected chi connectivity index (χ3v) is 3.17. The Kier molecular flexibility index (Phi) is 8.42. The fraction of sp³-hybridized carbons (Fsp3) is 0.857. The Hall–Kier alpha value is -1.06. The van der Waals surface area contributed by atoms with E-state index in [1.807, 2.05) is 20.8 Å². The second-order valence-corrected chi connectivity index (χ2v) is 4.35. The molecular weight excluding hydrogens is 230 g/mol. The minimum atomic E-state index is -0.389. The van der Waals surface area contributed by atoms with Crippen molar-refractivity contribution in [1.29, 1.82) is 0 Å². The summed E-state index contributed by atoms with van der Waals surface area (Å²) in [5.41, 5.74) is 0. The standard InChI is InChI=1S/C12H21NO3.C2H6/c1-4-6-9-7-11(14)13(8-9)10(5-2)12(15)16-3;1-2/h9-10H,4-8H2,1-3H3;1-2H3/t9-,10?;/m1./s1. The van der Waals surface area contributed by atoms with Crippen LogP contribution in [0, 0.1) is 5.92 Å². The van der Waals surface area contributed by atoms with Gasteiger partial charge in [0.1, 0.15) is 6.04 Å². The number of hydrogen-bond donors (Lipinski definition) is 0. The predicted molar refractivity (Wildman–Crippen MR) is 72.2 cm³/mol. The summed E-state index contributed by atoms with van der Waals surface area (Å²) in [5.74, 6) is 0.208. The maximum atomic E-state index is 11.8. The van der Waals surface area contributed by atoms with Crippen LogP contribution in [0.4, 0.5) is 0 Å². The van der Waals surface area contributed by atoms with Crippen LogP contribution in [0.5, 0.6) is 0 Å². The van der Waals surface area contributed by atoms with Gasteiger partial charge >= 0.3 is 5.97 Å². The highest BCUT2D eigenvalue weighted by molar-refractivity contribution is 5.86. The quantitative estimate of drug-likeness (QED) is 0.711. The summed E-state index contributed by atoms with van der Waals surface area (Å²) in [6.45, 7) is 8.73. The fourth-order valence-corrected chi connectivity index (χ4v) is 2.36. The first-order valence-corrected chi connectivity index (χ1v) is 7.01. The van der Waals surface area contributed by atoms with Gasteiger partial charge in [0.2, 0.25) is 5.91 Å². The van der Waals surface area contributed by atoms with Crippen LogP contribution in [-0.4, -0.2) is 36.5 Å². The van der Waals surface area contributed by atoms with E-state index in [0.29, 0.717) is 25.3 Å². The first-order chi connectivity index (χ1) is 8.63. The number of likely N-dealkylation sites (tertiary alicyclic amines) is 1. The lowest BCUT2D eigenvalue weighted by Crippen LogP contribution is -2.42. The summed E-state index contributed by atoms with van der Waals surface area (Å²) in [4.78, 5) is 25.0. The van der Waals surface area contributed by atoms with Gasteiger partial charge in [-0.1, -0.05) is 34.1 Å². The molecule has 1 heterocycles. The van der Waals surface area contributed by atoms with Gasteiger partial charge < -0.3 is 9.64 Å². The van der Waals surface area contributed by atoms with Crippen molar-refractivity contribution in [1.82, 2.24) is 4.90 Å². The smallest absolute Gasteiger partial charge is 0.328 e. The number of rotatable bonds is 5. The zero-order valence-corrected chi connectivity index (χ0v) is 12.4. The van der Waals surface area contributed by atoms with Gasteiger partial charge in [-0.25, -0.2) is 4.79 Å². The van der Waals surface area contributed by atoms with Crippen LogP contribution in [0.3, 0.4) is 0 Å². The van der Waals surface area contributed by atoms with Crippen LogP contribution in [0.2, 0.25) is 0 Å². The van der Waals surface area contributed by atoms with Crippen molar-refractivity contribution < 1.29 is 14.3 Å². The molecule has 106 valence electrons. The van der Waals surface area contributed by atoms with Gasteiger partial charge in [0, 0.05) is 13.0 Å². The van der Waals surface area contributed by atoms with E-state index < -0.39 is 0 Å². The van der Waals surface area contributed by atoms with E-state index in [1.54, 1.807) is 4.90 Å². The Bertz CT molecular complexity index is 266. The second kappa shape index (κ2) is 8.95. The Morgan fingerprint density at radius 3 is 2.50 bits per heavy atom. The summed E-state index contributed by atoms with van der Waals surface area (Å²) in [7, 11) is 1.37. The molecule has 1 rings (SSSR count). The van der Waals surface area contributed by atoms with Crippen molar-refractivity contribution in [3.05, 3.63) is 0 Å². The minimum absolute atomic E-state index is 0.0932. The molecule has 1 aliphatic rings. The third-order valence-electron chi connectivity index (χ3n) is 3.17. The molecular formula is C14H27NO3. The first kappa shape index (κ1) is 16.9. The van der Waals surface area contributed by atoms with Gasteiger partial charge in [-0.05, 0) is 18.8 Å². The molecule has 0 aromatic heterocycles. The Morgan fingerprint density at radius 2 is 2.06 bits per heavy atom. The molecule has 2 atom stereocenters. The van der Waals surface area contributed by atoms with E-state index in [9.17, 15) is 9.59 Å². The number of esters is 1. The molecule has 4 heteroatoms. The maximum Gasteiger partial charge on any atom is 0.328 e. The topological polar surface area (TPSA) is 46.6 Å². The lowest BCUT2D eigenvalue weighted by molar-refractivity contribution is -0.151. The number of methoxy groups -OCH3 is 1. The van der Waals surface area contributed by atoms with Crippen molar-refractivity contribution in [3.8, 4) is 0 Å². The molecule has 1 fully saturated rings. The molecule has 4 nitrogen and oxygen atoms in total. The zero-order valence-electron chi connectivity index (χ0n) is 12.4. The van der Waals surface area contributed by atoms with Crippen LogP contribution in [0.1, 0.15) is 53.4 Å². The Balaban J connectivity index is 0.00000137. The fourth-order valence-electron chi connectivity index (χ4n) is 2.36. The average molecular weight is 257 g/mol. The summed E-state index contributed by atoms with van der Waals surface area (Å²) in [5, 5.41) is 0. The minimum Gasteiger partial charge on any atom is -0.467 e. The molecule has 18 heavy (non-hydrogen) atoms. The first-order valence-electron chi connectivity index (χ1n) is 7.01. The normalized spacial score (nSPS) is 20.2. The van der Waals surface area contributed by atoms with Crippen LogP contribution in [-0.2, 0) is 14.3 Å². The van der Waals surface area contributed by atoms with Crippen molar-refractivity contribution >= 4 is 11.9 Å². The second-order valence-electron chi connectivity index (χ2n) is 4.35. The number of carbonyl (C=O) groups is 2. The highest BCUT2D eigenvalue weighted by Gasteiger charge is 2.36. The Morgan fingerprint density at radius 1 is 1.44 bits per heavy atom. The highest BCUT2D eigenvalue weighted by Crippen LogP contribution is 2.25. The molecule has 0 radical (unpaired) electrons. The number of hydrogen-bond acceptors (Lipinski definition) is 3. The SMILES string of the molecule is CC.CCC[C@@H]1CC(=O)N(C(CC)C(=O)OC)C1. The molecule has 0 aromatic carbocycles. The van der Waals surface area contributed by atoms with Crippen LogP contribution >= 0.6 is 0 Å². The van der Waals surface area contributed by atoms with Crippen LogP contribution in [0.25, 0.3) is 0 Å². The van der Waals surface area contributed by atoms with Gasteiger partial charge in [-0.15, -0.1) is 0 Å². The van der Waals surface area contributed by atoms with Gasteiger partial charge in [0.25, 0.3) is 0 Å². The summed E-state index contributed by atoms with van der Waals surface area (Å²) < 4.78 is 4.73. The van der Waals surface area contributed by atoms with Gasteiger partial charge in [-0.2, -0.15) is 0 Å². The highest BCUT2D eigenvalue weighted by atomic mass is 16.5. The van der Waals surface area contributed by atoms with Crippen molar-refractivity contribution in [2.24, 2.45) is 5.92 Å². The predicted octanol–water partition coefficient (Wildman–Crippen LogP) is 2.61. The monoisotopic (exact) mass is 257 g/mol. The zero-order chi connectivity index (χ0) is 14.1. The summed E-state index contributed by atoms with van der Waals surface area (Å²) in [6.07, 6.45) is 3.35. The molecule has 0 aromatic rings. The van der Waals surface area contributed by atoms with E-state index in [2.05, 4.69) is 6.92 Å². The van der Waals surface area contributed by atoms with Gasteiger partial charge in [0.05, 0.1) is 7.11 Å². The van der Waals surface area contributed by atoms with Crippen molar-refractivity contribution in [3.63, 3.8) is 0 Å². The lowest BCUT2D eigenvalue weighted by atomic mass is 10.0. The third kappa shape index (κ3) is 4.31. The summed E-state index contributed by atoms with van der Waals surface area (Å²) >= 11 is 0. The largest absolute Gasteiger partial charge is 0.467 e. The van der Waals surface area contributed by atoms with E-state index in [-0.39, 0.29) is 17.9 Å². The Labute approximate surface area is 111 Å². The molecule has 0 aliphatic carbocycles. The molecule has 1 unspecified atom stereocenters. The van der Waals surface area contributed by atoms with Gasteiger partial charge in [0.15, 0.2) is 0 Å².